The Bertz CT molecular complexity index is 2660. The second kappa shape index (κ2) is 24.7. The maximum Gasteiger partial charge on any atom is 0.351 e. The van der Waals surface area contributed by atoms with Crippen LogP contribution in [-0.4, -0.2) is 95.6 Å². The van der Waals surface area contributed by atoms with Crippen LogP contribution in [0.15, 0.2) is 120 Å². The number of anilines is 1. The maximum atomic E-state index is 14.1. The molecule has 20 heteroatoms. The second-order valence-electron chi connectivity index (χ2n) is 17.8. The number of nitriles is 1. The van der Waals surface area contributed by atoms with Gasteiger partial charge in [0, 0.05) is 36.8 Å². The van der Waals surface area contributed by atoms with Gasteiger partial charge in [-0.05, 0) is 88.6 Å². The standard InChI is InChI=1S/C52H61N6O13P/c1-34(2)57(35(3)4)72(69-31-15-29-53)71-46-44(32-68-52(37-16-11-10-12-17-37,38-20-24-40(64-8)25-21-38)39-22-26-41(65-9)27-23-39)70-48(56-30-28-45(54-36(5)59)55-50(56)61)47(46)66-33-67-49(60)51(6,7)42-18-13-14-19-43(42)58(62)63/h10-14,16-28,30,34-35,44,46-48H,15,31-33H2,1-9H3,(H,54,55,59,61)/t44-,46-,47-,48-,72?/m1/s1. The number of nitro groups is 1. The first-order valence-corrected chi connectivity index (χ1v) is 24.4. The lowest BCUT2D eigenvalue weighted by Gasteiger charge is -2.39. The molecule has 382 valence electrons. The largest absolute Gasteiger partial charge is 0.497 e. The average Bonchev–Trinajstić information content (AvgIpc) is 3.69. The Balaban J connectivity index is 1.50. The Morgan fingerprint density at radius 1 is 0.889 bits per heavy atom. The first-order valence-electron chi connectivity index (χ1n) is 23.2. The van der Waals surface area contributed by atoms with E-state index in [1.54, 1.807) is 20.3 Å². The number of ether oxygens (including phenoxy) is 6. The highest BCUT2D eigenvalue weighted by molar-refractivity contribution is 7.44. The molecule has 0 aliphatic carbocycles. The Hall–Kier alpha value is -6.62. The van der Waals surface area contributed by atoms with Crippen LogP contribution >= 0.6 is 8.53 Å². The first-order chi connectivity index (χ1) is 34.5. The van der Waals surface area contributed by atoms with Gasteiger partial charge in [0.25, 0.3) is 14.2 Å². The molecule has 0 bridgehead atoms. The van der Waals surface area contributed by atoms with Gasteiger partial charge in [0.15, 0.2) is 13.0 Å². The quantitative estimate of drug-likeness (QED) is 0.0116. The number of amides is 1. The second-order valence-corrected chi connectivity index (χ2v) is 19.2. The number of hydrogen-bond donors (Lipinski definition) is 1. The smallest absolute Gasteiger partial charge is 0.351 e. The van der Waals surface area contributed by atoms with Crippen LogP contribution in [0.2, 0.25) is 0 Å². The predicted octanol–water partition coefficient (Wildman–Crippen LogP) is 8.56. The molecule has 1 N–H and O–H groups in total. The van der Waals surface area contributed by atoms with Crippen molar-refractivity contribution in [3.63, 3.8) is 0 Å². The van der Waals surface area contributed by atoms with Crippen molar-refractivity contribution in [2.24, 2.45) is 0 Å². The number of nitrogens with one attached hydrogen (secondary N) is 1. The van der Waals surface area contributed by atoms with Crippen LogP contribution in [0.25, 0.3) is 0 Å². The summed E-state index contributed by atoms with van der Waals surface area (Å²) < 4.78 is 54.4. The fourth-order valence-electron chi connectivity index (χ4n) is 8.52. The fraction of sp³-hybridized carbons (Fsp3) is 0.404. The van der Waals surface area contributed by atoms with Gasteiger partial charge in [-0.25, -0.2) is 9.46 Å². The zero-order chi connectivity index (χ0) is 52.2. The molecule has 1 aliphatic heterocycles. The molecule has 5 atom stereocenters. The minimum atomic E-state index is -2.04. The summed E-state index contributed by atoms with van der Waals surface area (Å²) in [5.74, 6) is -0.0732. The number of hydrogen-bond acceptors (Lipinski definition) is 16. The zero-order valence-electron chi connectivity index (χ0n) is 41.8. The van der Waals surface area contributed by atoms with E-state index in [-0.39, 0.29) is 48.8 Å². The molecule has 4 aromatic carbocycles. The average molecular weight is 1010 g/mol. The third kappa shape index (κ3) is 12.5. The van der Waals surface area contributed by atoms with Crippen LogP contribution in [0.3, 0.4) is 0 Å². The van der Waals surface area contributed by atoms with Crippen molar-refractivity contribution in [1.82, 2.24) is 14.2 Å². The molecule has 6 rings (SSSR count). The summed E-state index contributed by atoms with van der Waals surface area (Å²) in [4.78, 5) is 55.6. The molecule has 1 aliphatic rings. The lowest BCUT2D eigenvalue weighted by atomic mass is 9.80. The molecule has 0 spiro atoms. The zero-order valence-corrected chi connectivity index (χ0v) is 42.6. The van der Waals surface area contributed by atoms with E-state index >= 15 is 0 Å². The van der Waals surface area contributed by atoms with Crippen molar-refractivity contribution in [1.29, 1.82) is 5.26 Å². The highest BCUT2D eigenvalue weighted by Crippen LogP contribution is 2.51. The summed E-state index contributed by atoms with van der Waals surface area (Å²) in [6.45, 7) is 11.2. The minimum absolute atomic E-state index is 0.0105. The van der Waals surface area contributed by atoms with Crippen LogP contribution in [0.5, 0.6) is 11.5 Å². The topological polar surface area (TPSA) is 225 Å². The summed E-state index contributed by atoms with van der Waals surface area (Å²) in [7, 11) is 1.12. The third-order valence-corrected chi connectivity index (χ3v) is 14.1. The lowest BCUT2D eigenvalue weighted by Crippen LogP contribution is -2.44. The molecule has 72 heavy (non-hydrogen) atoms. The van der Waals surface area contributed by atoms with E-state index in [1.165, 1.54) is 55.8 Å². The van der Waals surface area contributed by atoms with Gasteiger partial charge in [-0.15, -0.1) is 0 Å². The molecule has 5 aromatic rings. The number of methoxy groups -OCH3 is 2. The molecule has 2 heterocycles. The van der Waals surface area contributed by atoms with Crippen molar-refractivity contribution in [3.8, 4) is 17.6 Å². The Morgan fingerprint density at radius 3 is 2.01 bits per heavy atom. The van der Waals surface area contributed by atoms with Gasteiger partial charge < -0.3 is 42.8 Å². The lowest BCUT2D eigenvalue weighted by molar-refractivity contribution is -0.386. The summed E-state index contributed by atoms with van der Waals surface area (Å²) in [5.41, 5.74) is -1.67. The van der Waals surface area contributed by atoms with E-state index < -0.39 is 73.4 Å². The number of para-hydroxylation sites is 1. The number of carbonyl (C=O) groups excluding carboxylic acids is 2. The molecule has 1 amide bonds. The SMILES string of the molecule is COc1ccc(C(OC[C@H]2O[C@@H](n3ccc(NC(C)=O)nc3=O)[C@H](OCOC(=O)C(C)(C)c3ccccc3[N+](=O)[O-])[C@@H]2OP(OCCC#N)N(C(C)C)C(C)C)(c2ccccc2)c2ccc(OC)cc2)cc1. The van der Waals surface area contributed by atoms with Crippen LogP contribution in [0.1, 0.15) is 83.4 Å². The van der Waals surface area contributed by atoms with Crippen molar-refractivity contribution < 1.29 is 52.0 Å². The minimum Gasteiger partial charge on any atom is -0.497 e. The van der Waals surface area contributed by atoms with Crippen LogP contribution in [-0.2, 0) is 48.6 Å². The maximum absolute atomic E-state index is 14.1. The molecular formula is C52H61N6O13P. The van der Waals surface area contributed by atoms with Crippen LogP contribution in [0, 0.1) is 21.4 Å². The van der Waals surface area contributed by atoms with E-state index in [4.69, 9.17) is 37.5 Å². The monoisotopic (exact) mass is 1010 g/mol. The van der Waals surface area contributed by atoms with Gasteiger partial charge in [0.2, 0.25) is 5.91 Å². The predicted molar refractivity (Wildman–Crippen MR) is 267 cm³/mol. The summed E-state index contributed by atoms with van der Waals surface area (Å²) in [6, 6.07) is 33.7. The molecule has 1 unspecified atom stereocenters. The summed E-state index contributed by atoms with van der Waals surface area (Å²) >= 11 is 0. The van der Waals surface area contributed by atoms with E-state index in [9.17, 15) is 29.8 Å². The molecule has 1 aromatic heterocycles. The highest BCUT2D eigenvalue weighted by Gasteiger charge is 2.52. The number of benzene rings is 4. The number of nitrogens with zero attached hydrogens (tertiary/aromatic N) is 5. The number of esters is 1. The van der Waals surface area contributed by atoms with Crippen molar-refractivity contribution in [2.45, 2.75) is 103 Å². The van der Waals surface area contributed by atoms with Gasteiger partial charge in [0.05, 0.1) is 50.3 Å². The number of rotatable bonds is 24. The molecule has 0 radical (unpaired) electrons. The van der Waals surface area contributed by atoms with E-state index in [0.717, 1.165) is 16.7 Å². The molecule has 19 nitrogen and oxygen atoms in total. The third-order valence-electron chi connectivity index (χ3n) is 11.9. The Labute approximate surface area is 420 Å². The van der Waals surface area contributed by atoms with Gasteiger partial charge in [0.1, 0.15) is 41.2 Å². The van der Waals surface area contributed by atoms with E-state index in [2.05, 4.69) is 16.4 Å². The van der Waals surface area contributed by atoms with Gasteiger partial charge in [-0.3, -0.25) is 24.3 Å². The summed E-state index contributed by atoms with van der Waals surface area (Å²) in [5, 5.41) is 24.1. The molecular weight excluding hydrogens is 948 g/mol. The van der Waals surface area contributed by atoms with Crippen molar-refractivity contribution >= 4 is 31.9 Å². The Kier molecular flexibility index (Phi) is 18.7. The normalized spacial score (nSPS) is 17.4. The highest BCUT2D eigenvalue weighted by atomic mass is 31.2. The van der Waals surface area contributed by atoms with Crippen molar-refractivity contribution in [3.05, 3.63) is 158 Å². The first kappa shape index (κ1) is 54.7. The molecule has 1 fully saturated rings. The Morgan fingerprint density at radius 2 is 1.47 bits per heavy atom. The summed E-state index contributed by atoms with van der Waals surface area (Å²) in [6.07, 6.45) is -3.51. The number of nitro benzene ring substituents is 1. The van der Waals surface area contributed by atoms with Gasteiger partial charge in [-0.2, -0.15) is 10.2 Å². The molecule has 0 saturated carbocycles. The van der Waals surface area contributed by atoms with Crippen molar-refractivity contribution in [2.75, 3.05) is 39.5 Å². The van der Waals surface area contributed by atoms with Crippen LogP contribution < -0.4 is 20.5 Å². The number of carbonyl (C=O) groups is 2. The van der Waals surface area contributed by atoms with Gasteiger partial charge in [-0.1, -0.05) is 72.8 Å². The van der Waals surface area contributed by atoms with Crippen LogP contribution in [0.4, 0.5) is 11.5 Å². The van der Waals surface area contributed by atoms with Gasteiger partial charge >= 0.3 is 11.7 Å². The fourth-order valence-corrected chi connectivity index (χ4v) is 10.3. The number of aromatic nitrogens is 2. The van der Waals surface area contributed by atoms with E-state index in [1.807, 2.05) is 111 Å². The molecule has 1 saturated heterocycles. The van der Waals surface area contributed by atoms with E-state index in [0.29, 0.717) is 11.5 Å².